The van der Waals surface area contributed by atoms with Gasteiger partial charge in [0.1, 0.15) is 6.04 Å². The number of rotatable bonds is 6. The normalized spacial score (nSPS) is 12.5. The van der Waals surface area contributed by atoms with Crippen LogP contribution in [0.2, 0.25) is 0 Å². The fourth-order valence-corrected chi connectivity index (χ4v) is 2.97. The molecule has 0 bridgehead atoms. The Bertz CT molecular complexity index is 647. The Labute approximate surface area is 121 Å². The molecule has 108 valence electrons. The first-order valence-corrected chi connectivity index (χ1v) is 7.29. The maximum absolute atomic E-state index is 12.2. The zero-order valence-corrected chi connectivity index (χ0v) is 12.4. The first-order valence-electron chi connectivity index (χ1n) is 6.52. The summed E-state index contributed by atoms with van der Waals surface area (Å²) in [6.45, 7) is 2.90. The summed E-state index contributed by atoms with van der Waals surface area (Å²) in [5.74, 6) is -0.144. The lowest BCUT2D eigenvalue weighted by molar-refractivity contribution is -0.123. The maximum Gasteiger partial charge on any atom is 0.269 e. The van der Waals surface area contributed by atoms with Crippen molar-refractivity contribution in [1.29, 1.82) is 0 Å². The third-order valence-corrected chi connectivity index (χ3v) is 4.30. The van der Waals surface area contributed by atoms with E-state index >= 15 is 0 Å². The Hall–Kier alpha value is -1.66. The third-order valence-electron chi connectivity index (χ3n) is 3.07. The van der Waals surface area contributed by atoms with Gasteiger partial charge in [-0.1, -0.05) is 23.7 Å². The van der Waals surface area contributed by atoms with E-state index in [1.54, 1.807) is 20.1 Å². The monoisotopic (exact) mass is 294 g/mol. The van der Waals surface area contributed by atoms with Gasteiger partial charge in [0.05, 0.1) is 10.1 Å². The lowest BCUT2D eigenvalue weighted by Gasteiger charge is -2.11. The molecule has 0 aliphatic carbocycles. The van der Waals surface area contributed by atoms with Crippen LogP contribution in [-0.4, -0.2) is 30.1 Å². The van der Waals surface area contributed by atoms with Crippen molar-refractivity contribution >= 4 is 27.5 Å². The first-order chi connectivity index (χ1) is 9.65. The highest BCUT2D eigenvalue weighted by atomic mass is 32.1. The molecule has 0 saturated carbocycles. The number of hydrogen-bond donors (Lipinski definition) is 1. The number of amides is 1. The van der Waals surface area contributed by atoms with Crippen molar-refractivity contribution in [2.75, 3.05) is 20.3 Å². The Morgan fingerprint density at radius 1 is 1.45 bits per heavy atom. The molecular weight excluding hydrogens is 276 g/mol. The number of fused-ring (bicyclic) bond motifs is 1. The van der Waals surface area contributed by atoms with Crippen LogP contribution in [-0.2, 0) is 9.53 Å². The minimum absolute atomic E-state index is 0.106. The molecule has 6 heteroatoms. The quantitative estimate of drug-likeness (QED) is 0.826. The molecule has 1 atom stereocenters. The molecule has 1 amide bonds. The highest BCUT2D eigenvalue weighted by Crippen LogP contribution is 2.19. The maximum atomic E-state index is 12.2. The van der Waals surface area contributed by atoms with Gasteiger partial charge >= 0.3 is 0 Å². The average Bonchev–Trinajstić information content (AvgIpc) is 2.80. The smallest absolute Gasteiger partial charge is 0.269 e. The Balaban J connectivity index is 2.11. The summed E-state index contributed by atoms with van der Waals surface area (Å²) in [6, 6.07) is 6.89. The average molecular weight is 294 g/mol. The van der Waals surface area contributed by atoms with Gasteiger partial charge < -0.3 is 10.1 Å². The van der Waals surface area contributed by atoms with E-state index in [9.17, 15) is 9.59 Å². The van der Waals surface area contributed by atoms with Crippen molar-refractivity contribution in [2.24, 2.45) is 0 Å². The summed E-state index contributed by atoms with van der Waals surface area (Å²) >= 11 is 1.32. The Morgan fingerprint density at radius 3 is 2.90 bits per heavy atom. The van der Waals surface area contributed by atoms with Gasteiger partial charge in [-0.3, -0.25) is 13.5 Å². The summed E-state index contributed by atoms with van der Waals surface area (Å²) in [4.78, 5) is 24.3. The van der Waals surface area contributed by atoms with Crippen molar-refractivity contribution < 1.29 is 9.53 Å². The standard InChI is InChI=1S/C14H18N2O3S/c1-10(13(17)15-8-5-9-19-2)16-14(18)11-6-3-4-7-12(11)20-16/h3-4,6-7,10H,5,8-9H2,1-2H3,(H,15,17). The highest BCUT2D eigenvalue weighted by molar-refractivity contribution is 7.13. The molecule has 5 nitrogen and oxygen atoms in total. The largest absolute Gasteiger partial charge is 0.385 e. The highest BCUT2D eigenvalue weighted by Gasteiger charge is 2.18. The molecule has 0 fully saturated rings. The summed E-state index contributed by atoms with van der Waals surface area (Å²) in [6.07, 6.45) is 0.760. The minimum Gasteiger partial charge on any atom is -0.385 e. The van der Waals surface area contributed by atoms with E-state index < -0.39 is 6.04 Å². The lowest BCUT2D eigenvalue weighted by Crippen LogP contribution is -2.34. The van der Waals surface area contributed by atoms with E-state index in [1.165, 1.54) is 15.5 Å². The molecule has 1 unspecified atom stereocenters. The molecular formula is C14H18N2O3S. The molecule has 2 aromatic rings. The second-order valence-corrected chi connectivity index (χ2v) is 5.55. The van der Waals surface area contributed by atoms with Crippen molar-refractivity contribution in [2.45, 2.75) is 19.4 Å². The number of benzene rings is 1. The summed E-state index contributed by atoms with van der Waals surface area (Å²) < 4.78 is 7.35. The zero-order valence-electron chi connectivity index (χ0n) is 11.6. The molecule has 0 spiro atoms. The molecule has 0 radical (unpaired) electrons. The first kappa shape index (κ1) is 14.7. The van der Waals surface area contributed by atoms with Gasteiger partial charge in [0.25, 0.3) is 5.56 Å². The van der Waals surface area contributed by atoms with Crippen LogP contribution in [0.1, 0.15) is 19.4 Å². The summed E-state index contributed by atoms with van der Waals surface area (Å²) in [5.41, 5.74) is -0.106. The number of aromatic nitrogens is 1. The van der Waals surface area contributed by atoms with Crippen molar-refractivity contribution in [3.63, 3.8) is 0 Å². The molecule has 2 rings (SSSR count). The van der Waals surface area contributed by atoms with E-state index in [-0.39, 0.29) is 11.5 Å². The van der Waals surface area contributed by atoms with Crippen LogP contribution in [0.25, 0.3) is 10.1 Å². The van der Waals surface area contributed by atoms with E-state index in [2.05, 4.69) is 5.32 Å². The molecule has 1 aromatic carbocycles. The molecule has 0 aliphatic rings. The minimum atomic E-state index is -0.498. The number of carbonyl (C=O) groups excluding carboxylic acids is 1. The third kappa shape index (κ3) is 3.08. The summed E-state index contributed by atoms with van der Waals surface area (Å²) in [5, 5.41) is 3.48. The van der Waals surface area contributed by atoms with Crippen LogP contribution in [0.3, 0.4) is 0 Å². The number of carbonyl (C=O) groups is 1. The SMILES string of the molecule is COCCCNC(=O)C(C)n1sc2ccccc2c1=O. The molecule has 1 aromatic heterocycles. The molecule has 0 aliphatic heterocycles. The van der Waals surface area contributed by atoms with Gasteiger partial charge in [-0.25, -0.2) is 0 Å². The van der Waals surface area contributed by atoms with Crippen LogP contribution in [0.4, 0.5) is 0 Å². The molecule has 1 N–H and O–H groups in total. The molecule has 20 heavy (non-hydrogen) atoms. The predicted molar refractivity (Wildman–Crippen MR) is 80.3 cm³/mol. The number of nitrogens with one attached hydrogen (secondary N) is 1. The molecule has 1 heterocycles. The van der Waals surface area contributed by atoms with Crippen molar-refractivity contribution in [1.82, 2.24) is 9.27 Å². The Morgan fingerprint density at radius 2 is 2.20 bits per heavy atom. The van der Waals surface area contributed by atoms with E-state index in [0.29, 0.717) is 18.5 Å². The predicted octanol–water partition coefficient (Wildman–Crippen LogP) is 1.78. The van der Waals surface area contributed by atoms with E-state index in [0.717, 1.165) is 11.1 Å². The van der Waals surface area contributed by atoms with Gasteiger partial charge in [0.15, 0.2) is 0 Å². The van der Waals surface area contributed by atoms with Gasteiger partial charge in [-0.05, 0) is 25.5 Å². The van der Waals surface area contributed by atoms with E-state index in [4.69, 9.17) is 4.74 Å². The second kappa shape index (κ2) is 6.67. The fraction of sp³-hybridized carbons (Fsp3) is 0.429. The van der Waals surface area contributed by atoms with Crippen LogP contribution in [0, 0.1) is 0 Å². The van der Waals surface area contributed by atoms with Crippen molar-refractivity contribution in [3.05, 3.63) is 34.6 Å². The van der Waals surface area contributed by atoms with Gasteiger partial charge in [0.2, 0.25) is 5.91 Å². The number of methoxy groups -OCH3 is 1. The summed E-state index contributed by atoms with van der Waals surface area (Å²) in [7, 11) is 1.63. The van der Waals surface area contributed by atoms with Gasteiger partial charge in [0, 0.05) is 20.3 Å². The number of hydrogen-bond acceptors (Lipinski definition) is 4. The van der Waals surface area contributed by atoms with Crippen molar-refractivity contribution in [3.8, 4) is 0 Å². The second-order valence-electron chi connectivity index (χ2n) is 4.53. The molecule has 0 saturated heterocycles. The van der Waals surface area contributed by atoms with Crippen LogP contribution in [0.15, 0.2) is 29.1 Å². The zero-order chi connectivity index (χ0) is 14.5. The van der Waals surface area contributed by atoms with Gasteiger partial charge in [-0.2, -0.15) is 0 Å². The topological polar surface area (TPSA) is 60.3 Å². The number of ether oxygens (including phenoxy) is 1. The van der Waals surface area contributed by atoms with Crippen LogP contribution < -0.4 is 10.9 Å². The van der Waals surface area contributed by atoms with Crippen LogP contribution >= 0.6 is 11.5 Å². The fourth-order valence-electron chi connectivity index (χ4n) is 1.93. The van der Waals surface area contributed by atoms with Gasteiger partial charge in [-0.15, -0.1) is 0 Å². The van der Waals surface area contributed by atoms with E-state index in [1.807, 2.05) is 18.2 Å². The van der Waals surface area contributed by atoms with Crippen LogP contribution in [0.5, 0.6) is 0 Å². The lowest BCUT2D eigenvalue weighted by atomic mass is 10.2. The number of nitrogens with zero attached hydrogens (tertiary/aromatic N) is 1. The Kier molecular flexibility index (Phi) is 4.92.